The summed E-state index contributed by atoms with van der Waals surface area (Å²) in [5.74, 6) is 0. The molecule has 0 fully saturated rings. The van der Waals surface area contributed by atoms with Gasteiger partial charge in [-0.15, -0.1) is 0 Å². The summed E-state index contributed by atoms with van der Waals surface area (Å²) in [4.78, 5) is 2.31. The van der Waals surface area contributed by atoms with Gasteiger partial charge in [0.1, 0.15) is 5.00 Å². The maximum atomic E-state index is 5.78. The summed E-state index contributed by atoms with van der Waals surface area (Å²) in [5.41, 5.74) is 8.12. The molecule has 0 unspecified atom stereocenters. The van der Waals surface area contributed by atoms with E-state index in [4.69, 9.17) is 5.73 Å². The van der Waals surface area contributed by atoms with Gasteiger partial charge < -0.3 is 10.6 Å². The van der Waals surface area contributed by atoms with E-state index in [9.17, 15) is 0 Å². The van der Waals surface area contributed by atoms with Crippen molar-refractivity contribution in [1.82, 2.24) is 4.37 Å². The van der Waals surface area contributed by atoms with Crippen LogP contribution in [0, 0.1) is 0 Å². The second-order valence-corrected chi connectivity index (χ2v) is 5.45. The predicted octanol–water partition coefficient (Wildman–Crippen LogP) is 3.26. The first-order valence-electron chi connectivity index (χ1n) is 6.72. The summed E-state index contributed by atoms with van der Waals surface area (Å²) in [7, 11) is 0. The van der Waals surface area contributed by atoms with Crippen LogP contribution in [0.2, 0.25) is 0 Å². The quantitative estimate of drug-likeness (QED) is 0.781. The van der Waals surface area contributed by atoms with Gasteiger partial charge in [0.05, 0.1) is 5.52 Å². The van der Waals surface area contributed by atoms with Crippen LogP contribution >= 0.6 is 11.5 Å². The van der Waals surface area contributed by atoms with Gasteiger partial charge in [-0.1, -0.05) is 42.5 Å². The van der Waals surface area contributed by atoms with E-state index in [1.54, 1.807) is 11.5 Å². The normalized spacial score (nSPS) is 10.8. The van der Waals surface area contributed by atoms with Crippen LogP contribution in [0.25, 0.3) is 10.9 Å². The third kappa shape index (κ3) is 2.66. The second-order valence-electron chi connectivity index (χ2n) is 4.70. The van der Waals surface area contributed by atoms with E-state index >= 15 is 0 Å². The molecular weight excluding hydrogens is 266 g/mol. The topological polar surface area (TPSA) is 42.1 Å². The molecule has 3 rings (SSSR count). The number of nitrogens with zero attached hydrogens (tertiary/aromatic N) is 2. The van der Waals surface area contributed by atoms with Gasteiger partial charge in [0.15, 0.2) is 0 Å². The van der Waals surface area contributed by atoms with Crippen molar-refractivity contribution < 1.29 is 0 Å². The standard InChI is InChI=1S/C16H17N3S/c17-10-11-19(12-13-6-2-1-3-7-13)16-14-8-4-5-9-15(14)18-20-16/h1-9H,10-12,17H2. The summed E-state index contributed by atoms with van der Waals surface area (Å²) in [6, 6.07) is 18.7. The Bertz CT molecular complexity index is 678. The first kappa shape index (κ1) is 13.1. The summed E-state index contributed by atoms with van der Waals surface area (Å²) < 4.78 is 4.52. The van der Waals surface area contributed by atoms with Crippen LogP contribution in [0.3, 0.4) is 0 Å². The maximum absolute atomic E-state index is 5.78. The van der Waals surface area contributed by atoms with E-state index in [2.05, 4.69) is 51.7 Å². The molecule has 1 aromatic heterocycles. The summed E-state index contributed by atoms with van der Waals surface area (Å²) >= 11 is 1.55. The lowest BCUT2D eigenvalue weighted by molar-refractivity contribution is 0.800. The molecule has 102 valence electrons. The Balaban J connectivity index is 1.94. The second kappa shape index (κ2) is 6.03. The highest BCUT2D eigenvalue weighted by atomic mass is 32.1. The molecule has 0 amide bonds. The third-order valence-corrected chi connectivity index (χ3v) is 4.21. The molecule has 3 nitrogen and oxygen atoms in total. The summed E-state index contributed by atoms with van der Waals surface area (Å²) in [6.07, 6.45) is 0. The van der Waals surface area contributed by atoms with Crippen LogP contribution in [0.4, 0.5) is 5.00 Å². The van der Waals surface area contributed by atoms with Crippen molar-refractivity contribution in [3.8, 4) is 0 Å². The van der Waals surface area contributed by atoms with Gasteiger partial charge in [0, 0.05) is 25.0 Å². The van der Waals surface area contributed by atoms with E-state index in [0.717, 1.165) is 18.6 Å². The molecule has 2 N–H and O–H groups in total. The first-order chi connectivity index (χ1) is 9.88. The first-order valence-corrected chi connectivity index (χ1v) is 7.49. The lowest BCUT2D eigenvalue weighted by Crippen LogP contribution is -2.28. The Morgan fingerprint density at radius 3 is 2.55 bits per heavy atom. The number of fused-ring (bicyclic) bond motifs is 1. The number of hydrogen-bond donors (Lipinski definition) is 1. The zero-order valence-electron chi connectivity index (χ0n) is 11.2. The van der Waals surface area contributed by atoms with E-state index in [1.807, 2.05) is 12.1 Å². The van der Waals surface area contributed by atoms with Gasteiger partial charge in [0.2, 0.25) is 0 Å². The van der Waals surface area contributed by atoms with Crippen LogP contribution in [0.5, 0.6) is 0 Å². The highest BCUT2D eigenvalue weighted by Crippen LogP contribution is 2.31. The SMILES string of the molecule is NCCN(Cc1ccccc1)c1snc2ccccc12. The van der Waals surface area contributed by atoms with Gasteiger partial charge >= 0.3 is 0 Å². The molecule has 0 bridgehead atoms. The average Bonchev–Trinajstić information content (AvgIpc) is 2.92. The van der Waals surface area contributed by atoms with Crippen molar-refractivity contribution in [2.24, 2.45) is 5.73 Å². The highest BCUT2D eigenvalue weighted by molar-refractivity contribution is 7.11. The van der Waals surface area contributed by atoms with E-state index in [1.165, 1.54) is 16.0 Å². The number of aromatic nitrogens is 1. The minimum absolute atomic E-state index is 0.638. The minimum atomic E-state index is 0.638. The Hall–Kier alpha value is -1.91. The van der Waals surface area contributed by atoms with Gasteiger partial charge in [-0.05, 0) is 29.2 Å². The Morgan fingerprint density at radius 2 is 1.75 bits per heavy atom. The van der Waals surface area contributed by atoms with Gasteiger partial charge in [-0.3, -0.25) is 0 Å². The van der Waals surface area contributed by atoms with Crippen LogP contribution in [-0.4, -0.2) is 17.5 Å². The van der Waals surface area contributed by atoms with Gasteiger partial charge in [-0.2, -0.15) is 4.37 Å². The molecule has 4 heteroatoms. The lowest BCUT2D eigenvalue weighted by Gasteiger charge is -2.22. The van der Waals surface area contributed by atoms with E-state index < -0.39 is 0 Å². The lowest BCUT2D eigenvalue weighted by atomic mass is 10.2. The fourth-order valence-corrected chi connectivity index (χ4v) is 3.20. The van der Waals surface area contributed by atoms with Crippen molar-refractivity contribution in [3.05, 3.63) is 60.2 Å². The molecule has 20 heavy (non-hydrogen) atoms. The molecule has 0 aliphatic heterocycles. The summed E-state index contributed by atoms with van der Waals surface area (Å²) in [6.45, 7) is 2.34. The highest BCUT2D eigenvalue weighted by Gasteiger charge is 2.13. The van der Waals surface area contributed by atoms with Crippen LogP contribution in [0.1, 0.15) is 5.56 Å². The molecule has 2 aromatic carbocycles. The molecule has 1 heterocycles. The van der Waals surface area contributed by atoms with Gasteiger partial charge in [-0.25, -0.2) is 0 Å². The fraction of sp³-hybridized carbons (Fsp3) is 0.188. The predicted molar refractivity (Wildman–Crippen MR) is 86.2 cm³/mol. The largest absolute Gasteiger partial charge is 0.356 e. The maximum Gasteiger partial charge on any atom is 0.120 e. The van der Waals surface area contributed by atoms with E-state index in [-0.39, 0.29) is 0 Å². The Kier molecular flexibility index (Phi) is 3.95. The molecule has 0 radical (unpaired) electrons. The molecular formula is C16H17N3S. The Labute approximate surface area is 122 Å². The summed E-state index contributed by atoms with van der Waals surface area (Å²) in [5, 5.41) is 2.41. The van der Waals surface area contributed by atoms with Crippen LogP contribution in [-0.2, 0) is 6.54 Å². The fourth-order valence-electron chi connectivity index (χ4n) is 2.32. The number of benzene rings is 2. The van der Waals surface area contributed by atoms with Crippen LogP contribution in [0.15, 0.2) is 54.6 Å². The average molecular weight is 283 g/mol. The molecule has 0 atom stereocenters. The molecule has 0 aliphatic carbocycles. The number of hydrogen-bond acceptors (Lipinski definition) is 4. The molecule has 0 aliphatic rings. The number of anilines is 1. The molecule has 3 aromatic rings. The van der Waals surface area contributed by atoms with E-state index in [0.29, 0.717) is 6.54 Å². The minimum Gasteiger partial charge on any atom is -0.356 e. The van der Waals surface area contributed by atoms with Crippen molar-refractivity contribution in [3.63, 3.8) is 0 Å². The van der Waals surface area contributed by atoms with Gasteiger partial charge in [0.25, 0.3) is 0 Å². The monoisotopic (exact) mass is 283 g/mol. The number of rotatable bonds is 5. The van der Waals surface area contributed by atoms with Crippen molar-refractivity contribution >= 4 is 27.4 Å². The Morgan fingerprint density at radius 1 is 1.00 bits per heavy atom. The van der Waals surface area contributed by atoms with Crippen molar-refractivity contribution in [1.29, 1.82) is 0 Å². The molecule has 0 saturated heterocycles. The zero-order valence-corrected chi connectivity index (χ0v) is 12.0. The smallest absolute Gasteiger partial charge is 0.120 e. The van der Waals surface area contributed by atoms with Crippen molar-refractivity contribution in [2.75, 3.05) is 18.0 Å². The zero-order chi connectivity index (χ0) is 13.8. The molecule has 0 spiro atoms. The third-order valence-electron chi connectivity index (χ3n) is 3.27. The molecule has 0 saturated carbocycles. The van der Waals surface area contributed by atoms with Crippen molar-refractivity contribution in [2.45, 2.75) is 6.54 Å². The number of nitrogens with two attached hydrogens (primary N) is 1. The van der Waals surface area contributed by atoms with Crippen LogP contribution < -0.4 is 10.6 Å².